The topological polar surface area (TPSA) is 4.93 Å². The quantitative estimate of drug-likeness (QED) is 0.208. The lowest BCUT2D eigenvalue weighted by Gasteiger charge is -2.18. The van der Waals surface area contributed by atoms with Gasteiger partial charge in [0.1, 0.15) is 0 Å². The maximum atomic E-state index is 2.43. The molecule has 0 saturated carbocycles. The molecule has 1 aliphatic carbocycles. The molecule has 1 aliphatic rings. The minimum absolute atomic E-state index is 1.10. The summed E-state index contributed by atoms with van der Waals surface area (Å²) in [5, 5.41) is 6.53. The lowest BCUT2D eigenvalue weighted by molar-refractivity contribution is 0.967. The number of allylic oxidation sites excluding steroid dienone is 1. The predicted molar refractivity (Wildman–Crippen MR) is 171 cm³/mol. The molecule has 0 fully saturated rings. The van der Waals surface area contributed by atoms with Crippen LogP contribution in [0.1, 0.15) is 23.2 Å². The summed E-state index contributed by atoms with van der Waals surface area (Å²) in [4.78, 5) is 0. The Morgan fingerprint density at radius 1 is 0.525 bits per heavy atom. The van der Waals surface area contributed by atoms with Crippen molar-refractivity contribution in [3.05, 3.63) is 144 Å². The molecule has 40 heavy (non-hydrogen) atoms. The molecule has 0 radical (unpaired) electrons. The van der Waals surface area contributed by atoms with E-state index in [1.54, 1.807) is 0 Å². The Hall–Kier alpha value is -4.88. The van der Waals surface area contributed by atoms with Crippen molar-refractivity contribution in [3.8, 4) is 27.9 Å². The molecule has 0 amide bonds. The van der Waals surface area contributed by atoms with Crippen molar-refractivity contribution in [3.63, 3.8) is 0 Å². The van der Waals surface area contributed by atoms with E-state index in [1.165, 1.54) is 77.2 Å². The molecule has 7 aromatic rings. The Morgan fingerprint density at radius 2 is 1.02 bits per heavy atom. The molecule has 0 N–H and O–H groups in total. The largest absolute Gasteiger partial charge is 0.310 e. The van der Waals surface area contributed by atoms with Gasteiger partial charge >= 0.3 is 0 Å². The first-order chi connectivity index (χ1) is 19.8. The number of nitrogens with zero attached hydrogens (tertiary/aromatic N) is 1. The number of benzene rings is 6. The van der Waals surface area contributed by atoms with Crippen LogP contribution in [0.4, 0.5) is 0 Å². The van der Waals surface area contributed by atoms with Crippen LogP contribution in [0, 0.1) is 6.92 Å². The fourth-order valence-corrected chi connectivity index (χ4v) is 6.71. The van der Waals surface area contributed by atoms with Crippen molar-refractivity contribution >= 4 is 38.5 Å². The highest BCUT2D eigenvalue weighted by Crippen LogP contribution is 2.44. The molecule has 0 atom stereocenters. The Kier molecular flexibility index (Phi) is 5.24. The first-order valence-electron chi connectivity index (χ1n) is 14.2. The zero-order valence-corrected chi connectivity index (χ0v) is 22.6. The van der Waals surface area contributed by atoms with E-state index in [4.69, 9.17) is 0 Å². The standard InChI is InChI=1S/C39H29N/c1-26-18-20-27(21-19-26)38-32-12-2-4-14-34(32)39(35-15-5-3-13-33(35)38)28-22-24-29(25-23-28)40-36-16-8-6-10-30(36)31-11-7-9-17-37(31)40/h2-6,8-10,12-25H,7,11H2,1H3. The van der Waals surface area contributed by atoms with E-state index < -0.39 is 0 Å². The van der Waals surface area contributed by atoms with Crippen molar-refractivity contribution in [2.45, 2.75) is 19.8 Å². The second-order valence-electron chi connectivity index (χ2n) is 10.9. The van der Waals surface area contributed by atoms with Gasteiger partial charge in [0.15, 0.2) is 0 Å². The van der Waals surface area contributed by atoms with E-state index in [1.807, 2.05) is 0 Å². The first kappa shape index (κ1) is 23.0. The third kappa shape index (κ3) is 3.48. The average Bonchev–Trinajstić information content (AvgIpc) is 3.35. The zero-order chi connectivity index (χ0) is 26.6. The van der Waals surface area contributed by atoms with Crippen molar-refractivity contribution in [2.75, 3.05) is 0 Å². The number of para-hydroxylation sites is 1. The SMILES string of the molecule is Cc1ccc(-c2c3ccccc3c(-c3ccc(-n4c5c(c6ccccc64)CCC=C5)cc3)c3ccccc23)cc1. The molecular weight excluding hydrogens is 482 g/mol. The molecule has 1 heterocycles. The summed E-state index contributed by atoms with van der Waals surface area (Å²) >= 11 is 0. The number of rotatable bonds is 3. The monoisotopic (exact) mass is 511 g/mol. The van der Waals surface area contributed by atoms with E-state index in [9.17, 15) is 0 Å². The minimum atomic E-state index is 1.10. The van der Waals surface area contributed by atoms with Gasteiger partial charge in [-0.15, -0.1) is 0 Å². The maximum absolute atomic E-state index is 2.43. The average molecular weight is 512 g/mol. The second kappa shape index (κ2) is 9.10. The molecule has 1 heteroatoms. The van der Waals surface area contributed by atoms with E-state index in [2.05, 4.69) is 145 Å². The van der Waals surface area contributed by atoms with Crippen LogP contribution in [0.25, 0.3) is 66.5 Å². The van der Waals surface area contributed by atoms with Crippen LogP contribution in [0.3, 0.4) is 0 Å². The fourth-order valence-electron chi connectivity index (χ4n) is 6.71. The third-order valence-electron chi connectivity index (χ3n) is 8.54. The van der Waals surface area contributed by atoms with Gasteiger partial charge in [0, 0.05) is 16.8 Å². The molecule has 6 aromatic carbocycles. The van der Waals surface area contributed by atoms with E-state index >= 15 is 0 Å². The van der Waals surface area contributed by atoms with E-state index in [-0.39, 0.29) is 0 Å². The highest BCUT2D eigenvalue weighted by molar-refractivity contribution is 6.21. The summed E-state index contributed by atoms with van der Waals surface area (Å²) in [6, 6.07) is 44.7. The van der Waals surface area contributed by atoms with Gasteiger partial charge in [-0.2, -0.15) is 0 Å². The molecule has 1 aromatic heterocycles. The smallest absolute Gasteiger partial charge is 0.0537 e. The summed E-state index contributed by atoms with van der Waals surface area (Å²) < 4.78 is 2.43. The molecular formula is C39H29N. The molecule has 0 saturated heterocycles. The number of fused-ring (bicyclic) bond motifs is 5. The van der Waals surface area contributed by atoms with E-state index in [0.717, 1.165) is 12.8 Å². The summed E-state index contributed by atoms with van der Waals surface area (Å²) in [6.07, 6.45) is 6.82. The van der Waals surface area contributed by atoms with Crippen molar-refractivity contribution in [1.82, 2.24) is 4.57 Å². The molecule has 0 aliphatic heterocycles. The van der Waals surface area contributed by atoms with Gasteiger partial charge in [-0.1, -0.05) is 115 Å². The van der Waals surface area contributed by atoms with Crippen LogP contribution >= 0.6 is 0 Å². The Bertz CT molecular complexity index is 2030. The highest BCUT2D eigenvalue weighted by Gasteiger charge is 2.19. The van der Waals surface area contributed by atoms with Crippen LogP contribution < -0.4 is 0 Å². The van der Waals surface area contributed by atoms with Crippen molar-refractivity contribution in [1.29, 1.82) is 0 Å². The zero-order valence-electron chi connectivity index (χ0n) is 22.6. The van der Waals surface area contributed by atoms with Gasteiger partial charge in [-0.25, -0.2) is 0 Å². The third-order valence-corrected chi connectivity index (χ3v) is 8.54. The fraction of sp³-hybridized carbons (Fsp3) is 0.0769. The molecule has 0 bridgehead atoms. The van der Waals surface area contributed by atoms with Crippen LogP contribution in [0.5, 0.6) is 0 Å². The van der Waals surface area contributed by atoms with Gasteiger partial charge in [0.2, 0.25) is 0 Å². The van der Waals surface area contributed by atoms with Gasteiger partial charge in [0.25, 0.3) is 0 Å². The Morgan fingerprint density at radius 3 is 1.60 bits per heavy atom. The van der Waals surface area contributed by atoms with Gasteiger partial charge < -0.3 is 4.57 Å². The highest BCUT2D eigenvalue weighted by atomic mass is 15.0. The second-order valence-corrected chi connectivity index (χ2v) is 10.9. The first-order valence-corrected chi connectivity index (χ1v) is 14.2. The maximum Gasteiger partial charge on any atom is 0.0537 e. The van der Waals surface area contributed by atoms with Crippen molar-refractivity contribution in [2.24, 2.45) is 0 Å². The lowest BCUT2D eigenvalue weighted by atomic mass is 9.86. The number of aryl methyl sites for hydroxylation is 2. The van der Waals surface area contributed by atoms with Gasteiger partial charge in [-0.05, 0) is 93.4 Å². The molecule has 190 valence electrons. The summed E-state index contributed by atoms with van der Waals surface area (Å²) in [5.74, 6) is 0. The van der Waals surface area contributed by atoms with Crippen LogP contribution in [0.15, 0.2) is 127 Å². The molecule has 0 unspecified atom stereocenters. The molecule has 1 nitrogen and oxygen atoms in total. The Labute approximate surface area is 234 Å². The predicted octanol–water partition coefficient (Wildman–Crippen LogP) is 10.5. The lowest BCUT2D eigenvalue weighted by Crippen LogP contribution is -2.00. The number of aromatic nitrogens is 1. The number of hydrogen-bond acceptors (Lipinski definition) is 0. The summed E-state index contributed by atoms with van der Waals surface area (Å²) in [6.45, 7) is 2.15. The van der Waals surface area contributed by atoms with Crippen molar-refractivity contribution < 1.29 is 0 Å². The minimum Gasteiger partial charge on any atom is -0.310 e. The van der Waals surface area contributed by atoms with Crippen LogP contribution in [-0.4, -0.2) is 4.57 Å². The molecule has 8 rings (SSSR count). The normalized spacial score (nSPS) is 12.8. The van der Waals surface area contributed by atoms with E-state index in [0.29, 0.717) is 0 Å². The number of hydrogen-bond donors (Lipinski definition) is 0. The summed E-state index contributed by atoms with van der Waals surface area (Å²) in [7, 11) is 0. The molecule has 0 spiro atoms. The van der Waals surface area contributed by atoms with Crippen LogP contribution in [0.2, 0.25) is 0 Å². The van der Waals surface area contributed by atoms with Crippen LogP contribution in [-0.2, 0) is 6.42 Å². The Balaban J connectivity index is 1.36. The van der Waals surface area contributed by atoms with Gasteiger partial charge in [0.05, 0.1) is 5.52 Å². The summed E-state index contributed by atoms with van der Waals surface area (Å²) in [5.41, 5.74) is 11.7. The van der Waals surface area contributed by atoms with Gasteiger partial charge in [-0.3, -0.25) is 0 Å².